The van der Waals surface area contributed by atoms with Crippen LogP contribution in [0.2, 0.25) is 0 Å². The van der Waals surface area contributed by atoms with Gasteiger partial charge in [0.15, 0.2) is 0 Å². The van der Waals surface area contributed by atoms with Crippen molar-refractivity contribution in [1.29, 1.82) is 0 Å². The molecule has 0 radical (unpaired) electrons. The summed E-state index contributed by atoms with van der Waals surface area (Å²) < 4.78 is 0. The number of allylic oxidation sites excluding steroid dienone is 4. The van der Waals surface area contributed by atoms with Crippen LogP contribution in [0.4, 0.5) is 0 Å². The molecule has 0 aromatic carbocycles. The number of rotatable bonds is 5. The Bertz CT molecular complexity index is 619. The van der Waals surface area contributed by atoms with Gasteiger partial charge < -0.3 is 0 Å². The maximum absolute atomic E-state index is 11.8. The number of nitrogens with one attached hydrogen (secondary N) is 2. The summed E-state index contributed by atoms with van der Waals surface area (Å²) in [6.07, 6.45) is 13.1. The molecule has 2 N–H and O–H groups in total. The third-order valence-electron chi connectivity index (χ3n) is 5.52. The van der Waals surface area contributed by atoms with Crippen molar-refractivity contribution in [3.63, 3.8) is 0 Å². The highest BCUT2D eigenvalue weighted by molar-refractivity contribution is 5.96. The number of carbonyl (C=O) groups excluding carboxylic acids is 2. The minimum absolute atomic E-state index is 0.128. The zero-order valence-electron chi connectivity index (χ0n) is 13.6. The molecule has 4 atom stereocenters. The van der Waals surface area contributed by atoms with E-state index in [4.69, 9.17) is 0 Å². The lowest BCUT2D eigenvalue weighted by Gasteiger charge is -2.31. The van der Waals surface area contributed by atoms with Crippen LogP contribution in [0, 0.1) is 23.7 Å². The number of hydrazone groups is 2. The van der Waals surface area contributed by atoms with Gasteiger partial charge in [0, 0.05) is 36.1 Å². The first-order valence-corrected chi connectivity index (χ1v) is 8.74. The number of fused-ring (bicyclic) bond motifs is 2. The molecule has 0 bridgehead atoms. The number of hydrogen-bond donors (Lipinski definition) is 2. The van der Waals surface area contributed by atoms with Gasteiger partial charge in [-0.05, 0) is 37.5 Å². The standard InChI is InChI=1S/C18H22N4O2/c23-17(21-19-15-9-11-3-1-5-13(11)15)7-8-18(24)22-20-16-10-12-4-2-6-14(12)16/h1-2,5-6,11-14H,3-4,7-10H2,(H,21,23)(H,22,24)/b19-15-,20-16-/t11-,12-,13+,14+/m0/s1. The van der Waals surface area contributed by atoms with Crippen LogP contribution in [-0.2, 0) is 9.59 Å². The van der Waals surface area contributed by atoms with Gasteiger partial charge in [-0.1, -0.05) is 24.3 Å². The first kappa shape index (κ1) is 15.3. The van der Waals surface area contributed by atoms with Gasteiger partial charge in [0.2, 0.25) is 11.8 Å². The third-order valence-corrected chi connectivity index (χ3v) is 5.52. The molecule has 4 aliphatic rings. The second-order valence-corrected chi connectivity index (χ2v) is 7.08. The van der Waals surface area contributed by atoms with Crippen LogP contribution in [0.25, 0.3) is 0 Å². The monoisotopic (exact) mass is 326 g/mol. The average molecular weight is 326 g/mol. The highest BCUT2D eigenvalue weighted by Gasteiger charge is 2.38. The number of amides is 2. The number of carbonyl (C=O) groups is 2. The van der Waals surface area contributed by atoms with Crippen molar-refractivity contribution >= 4 is 23.2 Å². The molecule has 6 nitrogen and oxygen atoms in total. The molecule has 0 unspecified atom stereocenters. The maximum Gasteiger partial charge on any atom is 0.240 e. The predicted molar refractivity (Wildman–Crippen MR) is 91.1 cm³/mol. The Morgan fingerprint density at radius 1 is 0.875 bits per heavy atom. The molecule has 0 saturated heterocycles. The zero-order chi connectivity index (χ0) is 16.5. The average Bonchev–Trinajstić information content (AvgIpc) is 3.09. The molecule has 0 heterocycles. The van der Waals surface area contributed by atoms with E-state index in [0.717, 1.165) is 37.1 Å². The Morgan fingerprint density at radius 3 is 1.75 bits per heavy atom. The molecule has 2 amide bonds. The smallest absolute Gasteiger partial charge is 0.240 e. The number of nitrogens with zero attached hydrogens (tertiary/aromatic N) is 2. The normalized spacial score (nSPS) is 35.3. The van der Waals surface area contributed by atoms with Crippen LogP contribution in [0.15, 0.2) is 34.5 Å². The maximum atomic E-state index is 11.8. The quantitative estimate of drug-likeness (QED) is 0.597. The van der Waals surface area contributed by atoms with Crippen molar-refractivity contribution in [2.75, 3.05) is 0 Å². The fourth-order valence-corrected chi connectivity index (χ4v) is 3.93. The second kappa shape index (κ2) is 6.34. The van der Waals surface area contributed by atoms with Gasteiger partial charge in [-0.3, -0.25) is 9.59 Å². The van der Waals surface area contributed by atoms with Gasteiger partial charge in [-0.15, -0.1) is 0 Å². The first-order chi connectivity index (χ1) is 11.7. The summed E-state index contributed by atoms with van der Waals surface area (Å²) in [5, 5.41) is 8.36. The predicted octanol–water partition coefficient (Wildman–Crippen LogP) is 1.90. The van der Waals surface area contributed by atoms with Gasteiger partial charge in [0.1, 0.15) is 0 Å². The summed E-state index contributed by atoms with van der Waals surface area (Å²) in [5.41, 5.74) is 7.21. The zero-order valence-corrected chi connectivity index (χ0v) is 13.6. The van der Waals surface area contributed by atoms with E-state index >= 15 is 0 Å². The Kier molecular flexibility index (Phi) is 4.04. The largest absolute Gasteiger partial charge is 0.273 e. The summed E-state index contributed by atoms with van der Waals surface area (Å²) >= 11 is 0. The van der Waals surface area contributed by atoms with E-state index < -0.39 is 0 Å². The van der Waals surface area contributed by atoms with Crippen LogP contribution < -0.4 is 10.9 Å². The van der Waals surface area contributed by atoms with Crippen LogP contribution in [-0.4, -0.2) is 23.2 Å². The number of hydrogen-bond acceptors (Lipinski definition) is 4. The van der Waals surface area contributed by atoms with Crippen molar-refractivity contribution in [3.05, 3.63) is 24.3 Å². The summed E-state index contributed by atoms with van der Waals surface area (Å²) in [5.74, 6) is 1.76. The molecule has 0 aliphatic heterocycles. The van der Waals surface area contributed by atoms with Crippen molar-refractivity contribution in [2.45, 2.75) is 38.5 Å². The Balaban J connectivity index is 1.15. The molecule has 24 heavy (non-hydrogen) atoms. The first-order valence-electron chi connectivity index (χ1n) is 8.74. The molecule has 6 heteroatoms. The van der Waals surface area contributed by atoms with Crippen molar-refractivity contribution in [2.24, 2.45) is 33.9 Å². The minimum Gasteiger partial charge on any atom is -0.273 e. The molecule has 0 aromatic rings. The van der Waals surface area contributed by atoms with Crippen LogP contribution in [0.3, 0.4) is 0 Å². The van der Waals surface area contributed by atoms with Gasteiger partial charge in [-0.25, -0.2) is 10.9 Å². The van der Waals surface area contributed by atoms with Gasteiger partial charge >= 0.3 is 0 Å². The highest BCUT2D eigenvalue weighted by atomic mass is 16.2. The van der Waals surface area contributed by atoms with Crippen molar-refractivity contribution in [1.82, 2.24) is 10.9 Å². The Labute approximate surface area is 141 Å². The van der Waals surface area contributed by atoms with Gasteiger partial charge in [0.05, 0.1) is 0 Å². The van der Waals surface area contributed by atoms with Gasteiger partial charge in [-0.2, -0.15) is 10.2 Å². The molecule has 2 fully saturated rings. The molecule has 0 aromatic heterocycles. The molecular weight excluding hydrogens is 304 g/mol. The van der Waals surface area contributed by atoms with E-state index in [0.29, 0.717) is 23.7 Å². The fraction of sp³-hybridized carbons (Fsp3) is 0.556. The van der Waals surface area contributed by atoms with Crippen LogP contribution >= 0.6 is 0 Å². The molecular formula is C18H22N4O2. The summed E-state index contributed by atoms with van der Waals surface area (Å²) in [4.78, 5) is 23.6. The lowest BCUT2D eigenvalue weighted by Crippen LogP contribution is -2.36. The third kappa shape index (κ3) is 2.92. The van der Waals surface area contributed by atoms with Crippen molar-refractivity contribution in [3.8, 4) is 0 Å². The van der Waals surface area contributed by atoms with E-state index in [9.17, 15) is 9.59 Å². The lowest BCUT2D eigenvalue weighted by atomic mass is 9.74. The van der Waals surface area contributed by atoms with Crippen molar-refractivity contribution < 1.29 is 9.59 Å². The molecule has 2 saturated carbocycles. The van der Waals surface area contributed by atoms with E-state index in [1.165, 1.54) is 0 Å². The van der Waals surface area contributed by atoms with Crippen LogP contribution in [0.1, 0.15) is 38.5 Å². The Morgan fingerprint density at radius 2 is 1.33 bits per heavy atom. The molecule has 126 valence electrons. The fourth-order valence-electron chi connectivity index (χ4n) is 3.93. The SMILES string of the molecule is O=C(CCC(=O)N/N=C1/C[C@@H]2CC=C[C@@H]12)N/N=C1/C[C@@H]2CC=C[C@@H]12. The van der Waals surface area contributed by atoms with E-state index in [-0.39, 0.29) is 24.7 Å². The highest BCUT2D eigenvalue weighted by Crippen LogP contribution is 2.40. The molecule has 0 spiro atoms. The topological polar surface area (TPSA) is 82.9 Å². The van der Waals surface area contributed by atoms with Crippen LogP contribution in [0.5, 0.6) is 0 Å². The summed E-state index contributed by atoms with van der Waals surface area (Å²) in [6, 6.07) is 0. The Hall–Kier alpha value is -2.24. The van der Waals surface area contributed by atoms with Gasteiger partial charge in [0.25, 0.3) is 0 Å². The van der Waals surface area contributed by atoms with E-state index in [1.54, 1.807) is 0 Å². The van der Waals surface area contributed by atoms with E-state index in [1.807, 2.05) is 0 Å². The second-order valence-electron chi connectivity index (χ2n) is 7.08. The summed E-state index contributed by atoms with van der Waals surface area (Å²) in [7, 11) is 0. The summed E-state index contributed by atoms with van der Waals surface area (Å²) in [6.45, 7) is 0. The molecule has 4 rings (SSSR count). The minimum atomic E-state index is -0.224. The van der Waals surface area contributed by atoms with E-state index in [2.05, 4.69) is 45.4 Å². The lowest BCUT2D eigenvalue weighted by molar-refractivity contribution is -0.126. The molecule has 4 aliphatic carbocycles.